The van der Waals surface area contributed by atoms with Crippen LogP contribution in [-0.4, -0.2) is 16.1 Å². The Kier molecular flexibility index (Phi) is 2.62. The van der Waals surface area contributed by atoms with Gasteiger partial charge in [0.25, 0.3) is 0 Å². The first-order chi connectivity index (χ1) is 7.61. The Balaban J connectivity index is 2.80. The van der Waals surface area contributed by atoms with Crippen LogP contribution >= 0.6 is 11.6 Å². The Hall–Kier alpha value is -1.87. The van der Waals surface area contributed by atoms with Gasteiger partial charge in [0, 0.05) is 17.1 Å². The van der Waals surface area contributed by atoms with Gasteiger partial charge in [-0.3, -0.25) is 4.98 Å². The molecule has 0 amide bonds. The summed E-state index contributed by atoms with van der Waals surface area (Å²) in [6.07, 6.45) is 1.59. The van der Waals surface area contributed by atoms with Gasteiger partial charge in [0.05, 0.1) is 16.1 Å². The molecular formula is C12H8ClNO2. The SMILES string of the molecule is C=C(C(=O)O)c1c(Cl)ccc2cccnc12. The molecule has 0 saturated carbocycles. The minimum atomic E-state index is -1.10. The van der Waals surface area contributed by atoms with Crippen molar-refractivity contribution in [1.82, 2.24) is 4.98 Å². The number of pyridine rings is 1. The zero-order valence-corrected chi connectivity index (χ0v) is 9.03. The van der Waals surface area contributed by atoms with Crippen LogP contribution in [0.25, 0.3) is 16.5 Å². The number of aliphatic carboxylic acids is 1. The Morgan fingerprint density at radius 1 is 1.38 bits per heavy atom. The number of aromatic nitrogens is 1. The molecule has 2 rings (SSSR count). The van der Waals surface area contributed by atoms with Crippen LogP contribution in [-0.2, 0) is 4.79 Å². The first kappa shape index (κ1) is 10.6. The number of hydrogen-bond acceptors (Lipinski definition) is 2. The molecule has 1 aromatic heterocycles. The third-order valence-corrected chi connectivity index (χ3v) is 2.60. The molecule has 0 aliphatic carbocycles. The number of carboxylic acids is 1. The molecule has 0 aliphatic heterocycles. The zero-order valence-electron chi connectivity index (χ0n) is 8.27. The second kappa shape index (κ2) is 3.94. The van der Waals surface area contributed by atoms with Crippen molar-refractivity contribution in [3.63, 3.8) is 0 Å². The van der Waals surface area contributed by atoms with Crippen molar-refractivity contribution in [1.29, 1.82) is 0 Å². The lowest BCUT2D eigenvalue weighted by Gasteiger charge is -2.07. The van der Waals surface area contributed by atoms with Crippen LogP contribution in [0, 0.1) is 0 Å². The molecule has 0 spiro atoms. The molecule has 0 atom stereocenters. The van der Waals surface area contributed by atoms with E-state index in [0.29, 0.717) is 16.1 Å². The van der Waals surface area contributed by atoms with E-state index in [9.17, 15) is 4.79 Å². The summed E-state index contributed by atoms with van der Waals surface area (Å²) in [5, 5.41) is 10.1. The molecule has 0 saturated heterocycles. The van der Waals surface area contributed by atoms with Gasteiger partial charge in [-0.15, -0.1) is 0 Å². The molecule has 0 radical (unpaired) electrons. The number of carbonyl (C=O) groups is 1. The minimum absolute atomic E-state index is 0.0469. The normalized spacial score (nSPS) is 10.3. The predicted octanol–water partition coefficient (Wildman–Crippen LogP) is 2.99. The molecule has 16 heavy (non-hydrogen) atoms. The Morgan fingerprint density at radius 3 is 2.81 bits per heavy atom. The standard InChI is InChI=1S/C12H8ClNO2/c1-7(12(15)16)10-9(13)5-4-8-3-2-6-14-11(8)10/h2-6H,1H2,(H,15,16). The van der Waals surface area contributed by atoms with Crippen molar-refractivity contribution >= 4 is 34.0 Å². The molecule has 1 N–H and O–H groups in total. The molecule has 0 aliphatic rings. The molecular weight excluding hydrogens is 226 g/mol. The van der Waals surface area contributed by atoms with E-state index in [1.807, 2.05) is 6.07 Å². The van der Waals surface area contributed by atoms with Gasteiger partial charge >= 0.3 is 5.97 Å². The van der Waals surface area contributed by atoms with Crippen LogP contribution in [0.1, 0.15) is 5.56 Å². The summed E-state index contributed by atoms with van der Waals surface area (Å²) < 4.78 is 0. The highest BCUT2D eigenvalue weighted by atomic mass is 35.5. The van der Waals surface area contributed by atoms with Crippen molar-refractivity contribution in [2.75, 3.05) is 0 Å². The fourth-order valence-electron chi connectivity index (χ4n) is 1.51. The van der Waals surface area contributed by atoms with Gasteiger partial charge in [-0.25, -0.2) is 4.79 Å². The molecule has 0 fully saturated rings. The lowest BCUT2D eigenvalue weighted by molar-refractivity contribution is -0.130. The fraction of sp³-hybridized carbons (Fsp3) is 0. The second-order valence-corrected chi connectivity index (χ2v) is 3.69. The average Bonchev–Trinajstić information content (AvgIpc) is 2.28. The van der Waals surface area contributed by atoms with Gasteiger partial charge in [0.1, 0.15) is 0 Å². The maximum atomic E-state index is 10.9. The van der Waals surface area contributed by atoms with Crippen LogP contribution in [0.5, 0.6) is 0 Å². The van der Waals surface area contributed by atoms with Gasteiger partial charge in [0.2, 0.25) is 0 Å². The summed E-state index contributed by atoms with van der Waals surface area (Å²) in [7, 11) is 0. The Bertz CT molecular complexity index is 593. The van der Waals surface area contributed by atoms with E-state index in [1.165, 1.54) is 0 Å². The summed E-state index contributed by atoms with van der Waals surface area (Å²) in [5.41, 5.74) is 0.893. The maximum absolute atomic E-state index is 10.9. The summed E-state index contributed by atoms with van der Waals surface area (Å²) in [5.74, 6) is -1.10. The van der Waals surface area contributed by atoms with Crippen molar-refractivity contribution in [3.05, 3.63) is 47.6 Å². The number of nitrogens with zero attached hydrogens (tertiary/aromatic N) is 1. The number of carboxylic acid groups (broad SMARTS) is 1. The fourth-order valence-corrected chi connectivity index (χ4v) is 1.78. The highest BCUT2D eigenvalue weighted by Crippen LogP contribution is 2.29. The van der Waals surface area contributed by atoms with Crippen molar-refractivity contribution in [2.24, 2.45) is 0 Å². The first-order valence-electron chi connectivity index (χ1n) is 4.57. The monoisotopic (exact) mass is 233 g/mol. The lowest BCUT2D eigenvalue weighted by Crippen LogP contribution is -2.00. The van der Waals surface area contributed by atoms with Crippen LogP contribution < -0.4 is 0 Å². The number of benzene rings is 1. The van der Waals surface area contributed by atoms with E-state index in [4.69, 9.17) is 16.7 Å². The van der Waals surface area contributed by atoms with Gasteiger partial charge in [-0.1, -0.05) is 30.3 Å². The molecule has 2 aromatic rings. The smallest absolute Gasteiger partial charge is 0.335 e. The van der Waals surface area contributed by atoms with Crippen molar-refractivity contribution < 1.29 is 9.90 Å². The number of hydrogen-bond donors (Lipinski definition) is 1. The van der Waals surface area contributed by atoms with Crippen LogP contribution in [0.15, 0.2) is 37.0 Å². The van der Waals surface area contributed by atoms with E-state index in [0.717, 1.165) is 5.39 Å². The van der Waals surface area contributed by atoms with Gasteiger partial charge in [-0.2, -0.15) is 0 Å². The highest BCUT2D eigenvalue weighted by Gasteiger charge is 2.15. The average molecular weight is 234 g/mol. The van der Waals surface area contributed by atoms with E-state index in [2.05, 4.69) is 11.6 Å². The minimum Gasteiger partial charge on any atom is -0.478 e. The van der Waals surface area contributed by atoms with Crippen LogP contribution in [0.3, 0.4) is 0 Å². The third-order valence-electron chi connectivity index (χ3n) is 2.28. The van der Waals surface area contributed by atoms with Crippen molar-refractivity contribution in [3.8, 4) is 0 Å². The number of rotatable bonds is 2. The third kappa shape index (κ3) is 1.66. The van der Waals surface area contributed by atoms with Gasteiger partial charge < -0.3 is 5.11 Å². The molecule has 3 nitrogen and oxygen atoms in total. The van der Waals surface area contributed by atoms with E-state index < -0.39 is 5.97 Å². The van der Waals surface area contributed by atoms with Gasteiger partial charge in [-0.05, 0) is 12.1 Å². The molecule has 4 heteroatoms. The Labute approximate surface area is 97.0 Å². The second-order valence-electron chi connectivity index (χ2n) is 3.28. The van der Waals surface area contributed by atoms with E-state index >= 15 is 0 Å². The van der Waals surface area contributed by atoms with Gasteiger partial charge in [0.15, 0.2) is 0 Å². The summed E-state index contributed by atoms with van der Waals surface area (Å²) in [6, 6.07) is 7.07. The largest absolute Gasteiger partial charge is 0.478 e. The molecule has 0 bridgehead atoms. The van der Waals surface area contributed by atoms with E-state index in [-0.39, 0.29) is 5.57 Å². The van der Waals surface area contributed by atoms with E-state index in [1.54, 1.807) is 24.4 Å². The molecule has 1 heterocycles. The predicted molar refractivity (Wildman–Crippen MR) is 63.4 cm³/mol. The first-order valence-corrected chi connectivity index (χ1v) is 4.95. The highest BCUT2D eigenvalue weighted by molar-refractivity contribution is 6.36. The lowest BCUT2D eigenvalue weighted by atomic mass is 10.0. The summed E-state index contributed by atoms with van der Waals surface area (Å²) in [6.45, 7) is 3.51. The summed E-state index contributed by atoms with van der Waals surface area (Å²) in [4.78, 5) is 15.0. The zero-order chi connectivity index (χ0) is 11.7. The number of fused-ring (bicyclic) bond motifs is 1. The summed E-state index contributed by atoms with van der Waals surface area (Å²) >= 11 is 5.98. The van der Waals surface area contributed by atoms with Crippen molar-refractivity contribution in [2.45, 2.75) is 0 Å². The van der Waals surface area contributed by atoms with Crippen LogP contribution in [0.2, 0.25) is 5.02 Å². The maximum Gasteiger partial charge on any atom is 0.335 e. The topological polar surface area (TPSA) is 50.2 Å². The molecule has 80 valence electrons. The van der Waals surface area contributed by atoms with Crippen LogP contribution in [0.4, 0.5) is 0 Å². The quantitative estimate of drug-likeness (QED) is 0.812. The number of halogens is 1. The Morgan fingerprint density at radius 2 is 2.12 bits per heavy atom. The molecule has 0 unspecified atom stereocenters. The molecule has 1 aromatic carbocycles.